The summed E-state index contributed by atoms with van der Waals surface area (Å²) in [4.78, 5) is 32.8. The number of amides is 1. The maximum atomic E-state index is 13.6. The number of ether oxygens (including phenoxy) is 1. The summed E-state index contributed by atoms with van der Waals surface area (Å²) < 4.78 is 5.85. The molecule has 0 radical (unpaired) electrons. The summed E-state index contributed by atoms with van der Waals surface area (Å²) in [5, 5.41) is 11.6. The third-order valence-corrected chi connectivity index (χ3v) is 7.12. The number of anilines is 3. The summed E-state index contributed by atoms with van der Waals surface area (Å²) in [5.41, 5.74) is 3.82. The first-order chi connectivity index (χ1) is 19.2. The Morgan fingerprint density at radius 3 is 2.12 bits per heavy atom. The average Bonchev–Trinajstić information content (AvgIpc) is 3.22. The van der Waals surface area contributed by atoms with E-state index in [1.165, 1.54) is 4.90 Å². The van der Waals surface area contributed by atoms with Gasteiger partial charge in [-0.15, -0.1) is 0 Å². The summed E-state index contributed by atoms with van der Waals surface area (Å²) >= 11 is 0. The number of hydrogen-bond donors (Lipinski definition) is 1. The zero-order chi connectivity index (χ0) is 29.0. The van der Waals surface area contributed by atoms with Gasteiger partial charge in [-0.25, -0.2) is 0 Å². The smallest absolute Gasteiger partial charge is 0.300 e. The second-order valence-corrected chi connectivity index (χ2v) is 10.6. The number of benzene rings is 3. The maximum Gasteiger partial charge on any atom is 0.300 e. The Kier molecular flexibility index (Phi) is 8.83. The highest BCUT2D eigenvalue weighted by molar-refractivity contribution is 6.51. The lowest BCUT2D eigenvalue weighted by Crippen LogP contribution is -2.29. The number of rotatable bonds is 10. The molecule has 210 valence electrons. The Morgan fingerprint density at radius 2 is 1.55 bits per heavy atom. The van der Waals surface area contributed by atoms with Crippen LogP contribution >= 0.6 is 0 Å². The van der Waals surface area contributed by atoms with E-state index in [4.69, 9.17) is 4.74 Å². The van der Waals surface area contributed by atoms with E-state index in [1.54, 1.807) is 18.2 Å². The monoisotopic (exact) mass is 541 g/mol. The van der Waals surface area contributed by atoms with Crippen molar-refractivity contribution < 1.29 is 19.4 Å². The van der Waals surface area contributed by atoms with Gasteiger partial charge in [-0.2, -0.15) is 0 Å². The molecule has 1 fully saturated rings. The van der Waals surface area contributed by atoms with Crippen molar-refractivity contribution in [2.75, 3.05) is 48.5 Å². The van der Waals surface area contributed by atoms with Gasteiger partial charge in [-0.1, -0.05) is 38.1 Å². The predicted octanol–water partition coefficient (Wildman–Crippen LogP) is 6.26. The minimum absolute atomic E-state index is 0.0540. The molecule has 3 aromatic rings. The topological polar surface area (TPSA) is 73.3 Å². The zero-order valence-electron chi connectivity index (χ0n) is 24.2. The molecule has 7 heteroatoms. The average molecular weight is 542 g/mol. The minimum Gasteiger partial charge on any atom is -0.507 e. The fraction of sp³-hybridized carbons (Fsp3) is 0.333. The van der Waals surface area contributed by atoms with Gasteiger partial charge in [-0.3, -0.25) is 14.5 Å². The van der Waals surface area contributed by atoms with E-state index >= 15 is 0 Å². The normalized spacial score (nSPS) is 16.5. The van der Waals surface area contributed by atoms with Crippen molar-refractivity contribution in [1.82, 2.24) is 0 Å². The van der Waals surface area contributed by atoms with Crippen molar-refractivity contribution in [3.05, 3.63) is 89.5 Å². The molecule has 1 atom stereocenters. The molecule has 0 bridgehead atoms. The molecule has 1 N–H and O–H groups in total. The molecule has 0 aliphatic carbocycles. The van der Waals surface area contributed by atoms with E-state index in [2.05, 4.69) is 32.6 Å². The second kappa shape index (κ2) is 12.3. The summed E-state index contributed by atoms with van der Waals surface area (Å²) in [7, 11) is 3.88. The Hall–Kier alpha value is -4.26. The van der Waals surface area contributed by atoms with Crippen molar-refractivity contribution in [1.29, 1.82) is 0 Å². The number of hydrogen-bond acceptors (Lipinski definition) is 6. The van der Waals surface area contributed by atoms with E-state index in [0.717, 1.165) is 30.0 Å². The minimum atomic E-state index is -0.795. The fourth-order valence-corrected chi connectivity index (χ4v) is 4.93. The highest BCUT2D eigenvalue weighted by atomic mass is 16.5. The van der Waals surface area contributed by atoms with Crippen molar-refractivity contribution in [3.63, 3.8) is 0 Å². The van der Waals surface area contributed by atoms with Gasteiger partial charge in [0.25, 0.3) is 11.7 Å². The molecular formula is C33H39N3O4. The van der Waals surface area contributed by atoms with Gasteiger partial charge >= 0.3 is 0 Å². The Balaban J connectivity index is 1.84. The van der Waals surface area contributed by atoms with Crippen LogP contribution in [0.1, 0.15) is 44.9 Å². The number of carbonyl (C=O) groups excluding carboxylic acids is 2. The van der Waals surface area contributed by atoms with Crippen molar-refractivity contribution in [2.45, 2.75) is 33.7 Å². The van der Waals surface area contributed by atoms with Gasteiger partial charge < -0.3 is 19.6 Å². The molecule has 1 amide bonds. The quantitative estimate of drug-likeness (QED) is 0.186. The van der Waals surface area contributed by atoms with E-state index in [-0.39, 0.29) is 11.3 Å². The van der Waals surface area contributed by atoms with Crippen molar-refractivity contribution in [3.8, 4) is 5.75 Å². The SMILES string of the molecule is CCN(CC)c1ccc(C2/C(=C(\O)c3cccc(OCC(C)C)c3)C(=O)C(=O)N2c2ccc(N(C)C)cc2)cc1. The number of aliphatic hydroxyl groups excluding tert-OH is 1. The summed E-state index contributed by atoms with van der Waals surface area (Å²) in [6.07, 6.45) is 0. The molecule has 3 aromatic carbocycles. The fourth-order valence-electron chi connectivity index (χ4n) is 4.93. The molecule has 1 saturated heterocycles. The van der Waals surface area contributed by atoms with Gasteiger partial charge in [0.2, 0.25) is 0 Å². The highest BCUT2D eigenvalue weighted by Gasteiger charge is 2.47. The lowest BCUT2D eigenvalue weighted by Gasteiger charge is -2.27. The molecular weight excluding hydrogens is 502 g/mol. The molecule has 7 nitrogen and oxygen atoms in total. The van der Waals surface area contributed by atoms with E-state index in [9.17, 15) is 14.7 Å². The lowest BCUT2D eigenvalue weighted by molar-refractivity contribution is -0.132. The molecule has 1 aliphatic rings. The first-order valence-corrected chi connectivity index (χ1v) is 13.8. The van der Waals surface area contributed by atoms with Crippen molar-refractivity contribution in [2.24, 2.45) is 5.92 Å². The van der Waals surface area contributed by atoms with Crippen LogP contribution in [0, 0.1) is 5.92 Å². The first-order valence-electron chi connectivity index (χ1n) is 13.8. The third kappa shape index (κ3) is 5.83. The molecule has 1 aliphatic heterocycles. The van der Waals surface area contributed by atoms with Crippen LogP contribution in [0.15, 0.2) is 78.4 Å². The number of nitrogens with zero attached hydrogens (tertiary/aromatic N) is 3. The molecule has 1 heterocycles. The summed E-state index contributed by atoms with van der Waals surface area (Å²) in [5.74, 6) is -0.699. The standard InChI is InChI=1S/C33H39N3O4/c1-7-35(8-2)26-14-12-23(13-15-26)30-29(31(37)24-10-9-11-28(20-24)40-21-22(3)4)32(38)33(39)36(30)27-18-16-25(17-19-27)34(5)6/h9-20,22,30,37H,7-8,21H2,1-6H3/b31-29+. The lowest BCUT2D eigenvalue weighted by atomic mass is 9.94. The largest absolute Gasteiger partial charge is 0.507 e. The third-order valence-electron chi connectivity index (χ3n) is 7.12. The summed E-state index contributed by atoms with van der Waals surface area (Å²) in [6, 6.07) is 21.6. The molecule has 4 rings (SSSR count). The van der Waals surface area contributed by atoms with Crippen LogP contribution in [0.4, 0.5) is 17.1 Å². The molecule has 40 heavy (non-hydrogen) atoms. The molecule has 0 saturated carbocycles. The van der Waals surface area contributed by atoms with Gasteiger partial charge in [-0.05, 0) is 73.9 Å². The first kappa shape index (κ1) is 28.7. The molecule has 0 aromatic heterocycles. The van der Waals surface area contributed by atoms with Crippen LogP contribution in [0.2, 0.25) is 0 Å². The Labute approximate surface area is 237 Å². The van der Waals surface area contributed by atoms with Gasteiger partial charge in [0.05, 0.1) is 18.2 Å². The maximum absolute atomic E-state index is 13.6. The van der Waals surface area contributed by atoms with E-state index < -0.39 is 17.7 Å². The van der Waals surface area contributed by atoms with Gasteiger partial charge in [0, 0.05) is 49.8 Å². The number of carbonyl (C=O) groups is 2. The molecule has 1 unspecified atom stereocenters. The van der Waals surface area contributed by atoms with Gasteiger partial charge in [0.1, 0.15) is 11.5 Å². The van der Waals surface area contributed by atoms with Crippen LogP contribution in [0.3, 0.4) is 0 Å². The van der Waals surface area contributed by atoms with E-state index in [0.29, 0.717) is 29.5 Å². The zero-order valence-corrected chi connectivity index (χ0v) is 24.2. The van der Waals surface area contributed by atoms with E-state index in [1.807, 2.05) is 73.6 Å². The van der Waals surface area contributed by atoms with Crippen LogP contribution in [0.5, 0.6) is 5.75 Å². The van der Waals surface area contributed by atoms with Crippen LogP contribution < -0.4 is 19.4 Å². The highest BCUT2D eigenvalue weighted by Crippen LogP contribution is 2.43. The van der Waals surface area contributed by atoms with Crippen LogP contribution in [0.25, 0.3) is 5.76 Å². The van der Waals surface area contributed by atoms with Crippen molar-refractivity contribution >= 4 is 34.5 Å². The van der Waals surface area contributed by atoms with Crippen LogP contribution in [-0.4, -0.2) is 50.6 Å². The Bertz CT molecular complexity index is 1370. The number of ketones is 1. The molecule has 0 spiro atoms. The Morgan fingerprint density at radius 1 is 0.925 bits per heavy atom. The van der Waals surface area contributed by atoms with Crippen LogP contribution in [-0.2, 0) is 9.59 Å². The van der Waals surface area contributed by atoms with Gasteiger partial charge in [0.15, 0.2) is 0 Å². The number of aliphatic hydroxyl groups is 1. The summed E-state index contributed by atoms with van der Waals surface area (Å²) in [6.45, 7) is 10.6. The second-order valence-electron chi connectivity index (χ2n) is 10.6. The number of Topliss-reactive ketones (excluding diaryl/α,β-unsaturated/α-hetero) is 1. The predicted molar refractivity (Wildman–Crippen MR) is 162 cm³/mol.